The second kappa shape index (κ2) is 8.13. The molecule has 0 heterocycles. The van der Waals surface area contributed by atoms with Crippen LogP contribution in [0.2, 0.25) is 0 Å². The Morgan fingerprint density at radius 3 is 2.43 bits per heavy atom. The summed E-state index contributed by atoms with van der Waals surface area (Å²) >= 11 is 0. The van der Waals surface area contributed by atoms with Crippen molar-refractivity contribution in [3.8, 4) is 11.5 Å². The van der Waals surface area contributed by atoms with Crippen LogP contribution in [-0.2, 0) is 6.42 Å². The van der Waals surface area contributed by atoms with Crippen LogP contribution in [0.3, 0.4) is 0 Å². The normalized spacial score (nSPS) is 12.1. The van der Waals surface area contributed by atoms with Gasteiger partial charge in [-0.2, -0.15) is 0 Å². The van der Waals surface area contributed by atoms with Crippen molar-refractivity contribution in [1.82, 2.24) is 0 Å². The van der Waals surface area contributed by atoms with Gasteiger partial charge in [0.1, 0.15) is 11.5 Å². The zero-order valence-electron chi connectivity index (χ0n) is 13.7. The Morgan fingerprint density at radius 2 is 1.78 bits per heavy atom. The number of carbonyl (C=O) groups is 1. The third-order valence-corrected chi connectivity index (χ3v) is 3.51. The van der Waals surface area contributed by atoms with Crippen LogP contribution in [0.15, 0.2) is 53.5 Å². The Bertz CT molecular complexity index is 677. The molecule has 2 aromatic rings. The summed E-state index contributed by atoms with van der Waals surface area (Å²) < 4.78 is 10.3. The molecule has 4 nitrogen and oxygen atoms in total. The summed E-state index contributed by atoms with van der Waals surface area (Å²) in [5, 5.41) is 0. The molecule has 0 N–H and O–H groups in total. The van der Waals surface area contributed by atoms with E-state index in [-0.39, 0.29) is 11.8 Å². The van der Waals surface area contributed by atoms with E-state index in [4.69, 9.17) is 9.47 Å². The lowest BCUT2D eigenvalue weighted by atomic mass is 10.1. The summed E-state index contributed by atoms with van der Waals surface area (Å²) in [6, 6.07) is 15.0. The summed E-state index contributed by atoms with van der Waals surface area (Å²) in [4.78, 5) is 16.6. The van der Waals surface area contributed by atoms with Crippen LogP contribution in [-0.4, -0.2) is 32.3 Å². The van der Waals surface area contributed by atoms with Gasteiger partial charge in [0, 0.05) is 0 Å². The van der Waals surface area contributed by atoms with Gasteiger partial charge in [-0.05, 0) is 43.2 Å². The summed E-state index contributed by atoms with van der Waals surface area (Å²) in [5.74, 6) is 1.24. The lowest BCUT2D eigenvalue weighted by molar-refractivity contribution is 0.106. The van der Waals surface area contributed by atoms with Gasteiger partial charge in [-0.1, -0.05) is 24.3 Å². The third-order valence-electron chi connectivity index (χ3n) is 3.51. The first kappa shape index (κ1) is 16.7. The van der Waals surface area contributed by atoms with Crippen LogP contribution < -0.4 is 9.47 Å². The SMILES string of the molecule is COc1ccc(CC(C)/N=C\C(=O)c2ccccc2OC)cc1. The van der Waals surface area contributed by atoms with Crippen molar-refractivity contribution in [2.75, 3.05) is 14.2 Å². The van der Waals surface area contributed by atoms with E-state index in [9.17, 15) is 4.79 Å². The molecule has 2 aromatic carbocycles. The van der Waals surface area contributed by atoms with Crippen LogP contribution in [0.1, 0.15) is 22.8 Å². The van der Waals surface area contributed by atoms with Crippen molar-refractivity contribution in [3.05, 3.63) is 59.7 Å². The smallest absolute Gasteiger partial charge is 0.207 e. The van der Waals surface area contributed by atoms with Crippen LogP contribution in [0.5, 0.6) is 11.5 Å². The first-order valence-electron chi connectivity index (χ1n) is 7.47. The van der Waals surface area contributed by atoms with Crippen molar-refractivity contribution < 1.29 is 14.3 Å². The van der Waals surface area contributed by atoms with Crippen molar-refractivity contribution >= 4 is 12.0 Å². The van der Waals surface area contributed by atoms with Crippen molar-refractivity contribution in [2.24, 2.45) is 4.99 Å². The van der Waals surface area contributed by atoms with E-state index in [1.165, 1.54) is 6.21 Å². The van der Waals surface area contributed by atoms with E-state index in [1.807, 2.05) is 43.3 Å². The molecular formula is C19H21NO3. The van der Waals surface area contributed by atoms with Crippen LogP contribution in [0.25, 0.3) is 0 Å². The molecule has 0 saturated heterocycles. The Hall–Kier alpha value is -2.62. The molecule has 0 bridgehead atoms. The first-order chi connectivity index (χ1) is 11.1. The second-order valence-corrected chi connectivity index (χ2v) is 5.24. The predicted molar refractivity (Wildman–Crippen MR) is 92.0 cm³/mol. The fourth-order valence-electron chi connectivity index (χ4n) is 2.27. The fourth-order valence-corrected chi connectivity index (χ4v) is 2.27. The monoisotopic (exact) mass is 311 g/mol. The quantitative estimate of drug-likeness (QED) is 0.580. The van der Waals surface area contributed by atoms with E-state index >= 15 is 0 Å². The van der Waals surface area contributed by atoms with E-state index in [2.05, 4.69) is 4.99 Å². The number of aliphatic imine (C=N–C) groups is 1. The minimum Gasteiger partial charge on any atom is -0.497 e. The van der Waals surface area contributed by atoms with E-state index in [0.717, 1.165) is 17.7 Å². The average Bonchev–Trinajstić information content (AvgIpc) is 2.60. The maximum absolute atomic E-state index is 12.2. The molecule has 4 heteroatoms. The van der Waals surface area contributed by atoms with Gasteiger partial charge in [-0.15, -0.1) is 0 Å². The molecule has 0 aliphatic rings. The Labute approximate surface area is 136 Å². The summed E-state index contributed by atoms with van der Waals surface area (Å²) in [6.45, 7) is 1.98. The molecule has 0 amide bonds. The number of hydrogen-bond acceptors (Lipinski definition) is 4. The number of methoxy groups -OCH3 is 2. The number of rotatable bonds is 7. The molecule has 0 aromatic heterocycles. The zero-order chi connectivity index (χ0) is 16.7. The number of para-hydroxylation sites is 1. The van der Waals surface area contributed by atoms with Crippen LogP contribution in [0, 0.1) is 0 Å². The van der Waals surface area contributed by atoms with Gasteiger partial charge in [-0.3, -0.25) is 9.79 Å². The minimum atomic E-state index is -0.149. The molecule has 0 fully saturated rings. The maximum Gasteiger partial charge on any atom is 0.207 e. The molecule has 120 valence electrons. The van der Waals surface area contributed by atoms with Gasteiger partial charge in [0.05, 0.1) is 32.0 Å². The van der Waals surface area contributed by atoms with Crippen LogP contribution >= 0.6 is 0 Å². The third kappa shape index (κ3) is 4.68. The van der Waals surface area contributed by atoms with E-state index in [0.29, 0.717) is 11.3 Å². The number of carbonyl (C=O) groups excluding carboxylic acids is 1. The molecule has 23 heavy (non-hydrogen) atoms. The Balaban J connectivity index is 1.99. The maximum atomic E-state index is 12.2. The van der Waals surface area contributed by atoms with Crippen molar-refractivity contribution in [2.45, 2.75) is 19.4 Å². The standard InChI is InChI=1S/C19H21NO3/c1-14(12-15-8-10-16(22-2)11-9-15)20-13-18(21)17-6-4-5-7-19(17)23-3/h4-11,13-14H,12H2,1-3H3/b20-13-. The zero-order valence-corrected chi connectivity index (χ0v) is 13.7. The topological polar surface area (TPSA) is 47.9 Å². The predicted octanol–water partition coefficient (Wildman–Crippen LogP) is 3.59. The first-order valence-corrected chi connectivity index (χ1v) is 7.47. The summed E-state index contributed by atoms with van der Waals surface area (Å²) in [6.07, 6.45) is 2.14. The fraction of sp³-hybridized carbons (Fsp3) is 0.263. The van der Waals surface area contributed by atoms with Gasteiger partial charge < -0.3 is 9.47 Å². The molecule has 0 saturated carbocycles. The highest BCUT2D eigenvalue weighted by molar-refractivity contribution is 6.36. The Kier molecular flexibility index (Phi) is 5.92. The van der Waals surface area contributed by atoms with Gasteiger partial charge in [-0.25, -0.2) is 0 Å². The lowest BCUT2D eigenvalue weighted by Gasteiger charge is -2.08. The highest BCUT2D eigenvalue weighted by Crippen LogP contribution is 2.17. The molecule has 0 aliphatic heterocycles. The highest BCUT2D eigenvalue weighted by atomic mass is 16.5. The summed E-state index contributed by atoms with van der Waals surface area (Å²) in [5.41, 5.74) is 1.68. The minimum absolute atomic E-state index is 0.0158. The lowest BCUT2D eigenvalue weighted by Crippen LogP contribution is -2.08. The number of nitrogens with zero attached hydrogens (tertiary/aromatic N) is 1. The van der Waals surface area contributed by atoms with Gasteiger partial charge >= 0.3 is 0 Å². The van der Waals surface area contributed by atoms with Crippen molar-refractivity contribution in [1.29, 1.82) is 0 Å². The number of ketones is 1. The van der Waals surface area contributed by atoms with E-state index in [1.54, 1.807) is 26.4 Å². The molecule has 2 rings (SSSR count). The molecule has 0 spiro atoms. The number of hydrogen-bond donors (Lipinski definition) is 0. The van der Waals surface area contributed by atoms with E-state index < -0.39 is 0 Å². The molecule has 1 unspecified atom stereocenters. The number of benzene rings is 2. The van der Waals surface area contributed by atoms with Crippen molar-refractivity contribution in [3.63, 3.8) is 0 Å². The van der Waals surface area contributed by atoms with Gasteiger partial charge in [0.25, 0.3) is 0 Å². The Morgan fingerprint density at radius 1 is 1.09 bits per heavy atom. The molecule has 0 radical (unpaired) electrons. The largest absolute Gasteiger partial charge is 0.497 e. The van der Waals surface area contributed by atoms with Crippen LogP contribution in [0.4, 0.5) is 0 Å². The average molecular weight is 311 g/mol. The number of Topliss-reactive ketones (excluding diaryl/α,β-unsaturated/α-hetero) is 1. The van der Waals surface area contributed by atoms with Gasteiger partial charge in [0.2, 0.25) is 5.78 Å². The second-order valence-electron chi connectivity index (χ2n) is 5.24. The summed E-state index contributed by atoms with van der Waals surface area (Å²) in [7, 11) is 3.20. The molecule has 0 aliphatic carbocycles. The highest BCUT2D eigenvalue weighted by Gasteiger charge is 2.09. The van der Waals surface area contributed by atoms with Gasteiger partial charge in [0.15, 0.2) is 0 Å². The molecule has 1 atom stereocenters. The molecular weight excluding hydrogens is 290 g/mol. The number of ether oxygens (including phenoxy) is 2.